The topological polar surface area (TPSA) is 66.8 Å². The van der Waals surface area contributed by atoms with Crippen LogP contribution in [0.4, 0.5) is 0 Å². The smallest absolute Gasteiger partial charge is 0.261 e. The van der Waals surface area contributed by atoms with Crippen molar-refractivity contribution in [3.8, 4) is 11.5 Å². The van der Waals surface area contributed by atoms with Gasteiger partial charge in [0.1, 0.15) is 11.5 Å². The highest BCUT2D eigenvalue weighted by Gasteiger charge is 2.33. The Labute approximate surface area is 157 Å². The number of aliphatic hydroxyl groups excluding tert-OH is 1. The van der Waals surface area contributed by atoms with Crippen molar-refractivity contribution in [2.75, 3.05) is 13.2 Å². The van der Waals surface area contributed by atoms with Crippen LogP contribution in [0.5, 0.6) is 11.5 Å². The average Bonchev–Trinajstić information content (AvgIpc) is 2.66. The van der Waals surface area contributed by atoms with Gasteiger partial charge >= 0.3 is 0 Å². The Hall–Kier alpha value is -2.70. The van der Waals surface area contributed by atoms with Crippen LogP contribution in [0.2, 0.25) is 0 Å². The molecule has 26 heavy (non-hydrogen) atoms. The van der Waals surface area contributed by atoms with E-state index in [1.807, 2.05) is 30.3 Å². The van der Waals surface area contributed by atoms with E-state index >= 15 is 0 Å². The van der Waals surface area contributed by atoms with Crippen molar-refractivity contribution < 1.29 is 19.4 Å². The summed E-state index contributed by atoms with van der Waals surface area (Å²) in [5, 5.41) is 10.4. The molecule has 3 aromatic rings. The Morgan fingerprint density at radius 3 is 2.31 bits per heavy atom. The molecule has 1 heterocycles. The quantitative estimate of drug-likeness (QED) is 0.659. The molecule has 1 aliphatic rings. The Kier molecular flexibility index (Phi) is 4.22. The number of aliphatic hydroxyl groups is 1. The summed E-state index contributed by atoms with van der Waals surface area (Å²) in [7, 11) is 0. The van der Waals surface area contributed by atoms with Crippen LogP contribution in [0.15, 0.2) is 59.1 Å². The molecule has 6 heteroatoms. The fourth-order valence-electron chi connectivity index (χ4n) is 3.14. The minimum absolute atomic E-state index is 0.0232. The molecule has 2 amide bonds. The summed E-state index contributed by atoms with van der Waals surface area (Å²) >= 11 is 3.39. The summed E-state index contributed by atoms with van der Waals surface area (Å²) in [5.74, 6) is 0.430. The van der Waals surface area contributed by atoms with Crippen molar-refractivity contribution in [1.29, 1.82) is 0 Å². The highest BCUT2D eigenvalue weighted by molar-refractivity contribution is 9.10. The minimum atomic E-state index is -0.400. The maximum Gasteiger partial charge on any atom is 0.261 e. The van der Waals surface area contributed by atoms with Gasteiger partial charge in [-0.05, 0) is 42.5 Å². The van der Waals surface area contributed by atoms with Crippen molar-refractivity contribution in [3.63, 3.8) is 0 Å². The molecule has 0 atom stereocenters. The molecule has 0 bridgehead atoms. The molecule has 130 valence electrons. The van der Waals surface area contributed by atoms with Crippen LogP contribution in [-0.2, 0) is 0 Å². The van der Waals surface area contributed by atoms with Gasteiger partial charge in [0, 0.05) is 26.4 Å². The zero-order chi connectivity index (χ0) is 18.3. The number of hydrogen-bond acceptors (Lipinski definition) is 4. The van der Waals surface area contributed by atoms with Crippen LogP contribution in [0.1, 0.15) is 20.7 Å². The van der Waals surface area contributed by atoms with E-state index in [-0.39, 0.29) is 13.2 Å². The molecule has 4 rings (SSSR count). The number of amides is 2. The summed E-state index contributed by atoms with van der Waals surface area (Å²) in [4.78, 5) is 26.4. The van der Waals surface area contributed by atoms with Gasteiger partial charge in [-0.25, -0.2) is 0 Å². The number of carbonyl (C=O) groups is 2. The number of rotatable bonds is 4. The lowest BCUT2D eigenvalue weighted by atomic mass is 9.93. The second kappa shape index (κ2) is 6.55. The lowest BCUT2D eigenvalue weighted by Gasteiger charge is -2.27. The number of hydrogen-bond donors (Lipinski definition) is 1. The zero-order valence-corrected chi connectivity index (χ0v) is 15.2. The molecule has 0 radical (unpaired) electrons. The molecule has 0 unspecified atom stereocenters. The SMILES string of the molecule is O=C1c2cccc3c(Oc4ccc(Br)cc4)ccc(c23)C(=O)N1CCO. The summed E-state index contributed by atoms with van der Waals surface area (Å²) in [6.45, 7) is -0.293. The van der Waals surface area contributed by atoms with Crippen LogP contribution < -0.4 is 4.74 Å². The molecule has 0 spiro atoms. The second-order valence-electron chi connectivity index (χ2n) is 5.88. The largest absolute Gasteiger partial charge is 0.457 e. The Bertz CT molecular complexity index is 1010. The summed E-state index contributed by atoms with van der Waals surface area (Å²) in [5.41, 5.74) is 0.874. The standard InChI is InChI=1S/C20H14BrNO4/c21-12-4-6-13(7-5-12)26-17-9-8-16-18-14(17)2-1-3-15(18)19(24)22(10-11-23)20(16)25/h1-9,23H,10-11H2. The molecule has 0 aliphatic carbocycles. The number of benzene rings is 3. The third kappa shape index (κ3) is 2.67. The van der Waals surface area contributed by atoms with E-state index in [2.05, 4.69) is 15.9 Å². The Morgan fingerprint density at radius 2 is 1.62 bits per heavy atom. The van der Waals surface area contributed by atoms with E-state index in [9.17, 15) is 9.59 Å². The van der Waals surface area contributed by atoms with Gasteiger partial charge in [0.05, 0.1) is 13.2 Å². The van der Waals surface area contributed by atoms with Crippen molar-refractivity contribution in [2.24, 2.45) is 0 Å². The van der Waals surface area contributed by atoms with E-state index in [0.717, 1.165) is 9.37 Å². The van der Waals surface area contributed by atoms with Gasteiger partial charge in [-0.15, -0.1) is 0 Å². The maximum absolute atomic E-state index is 12.7. The number of β-amino-alcohol motifs (C(OH)–C–C–N with tert-alkyl or cyclic N) is 1. The molecule has 5 nitrogen and oxygen atoms in total. The van der Waals surface area contributed by atoms with E-state index in [4.69, 9.17) is 9.84 Å². The lowest BCUT2D eigenvalue weighted by molar-refractivity contribution is 0.0580. The predicted octanol–water partition coefficient (Wildman–Crippen LogP) is 3.98. The molecule has 1 aliphatic heterocycles. The molecule has 1 N–H and O–H groups in total. The molecule has 0 saturated carbocycles. The number of imide groups is 1. The summed E-state index contributed by atoms with van der Waals surface area (Å²) < 4.78 is 6.92. The number of nitrogens with zero attached hydrogens (tertiary/aromatic N) is 1. The first-order valence-electron chi connectivity index (χ1n) is 8.06. The van der Waals surface area contributed by atoms with Gasteiger partial charge in [0.25, 0.3) is 11.8 Å². The zero-order valence-electron chi connectivity index (χ0n) is 13.6. The van der Waals surface area contributed by atoms with Gasteiger partial charge < -0.3 is 9.84 Å². The van der Waals surface area contributed by atoms with Gasteiger partial charge in [-0.1, -0.05) is 28.1 Å². The predicted molar refractivity (Wildman–Crippen MR) is 101 cm³/mol. The third-order valence-corrected chi connectivity index (χ3v) is 4.85. The third-order valence-electron chi connectivity index (χ3n) is 4.32. The van der Waals surface area contributed by atoms with Crippen molar-refractivity contribution in [2.45, 2.75) is 0 Å². The number of halogens is 1. The van der Waals surface area contributed by atoms with Crippen molar-refractivity contribution >= 4 is 38.5 Å². The second-order valence-corrected chi connectivity index (χ2v) is 6.80. The van der Waals surface area contributed by atoms with Crippen LogP contribution in [0.3, 0.4) is 0 Å². The lowest BCUT2D eigenvalue weighted by Crippen LogP contribution is -2.41. The molecule has 0 aromatic heterocycles. The molecular formula is C20H14BrNO4. The fraction of sp³-hybridized carbons (Fsp3) is 0.100. The van der Waals surface area contributed by atoms with Gasteiger partial charge in [0.2, 0.25) is 0 Å². The fourth-order valence-corrected chi connectivity index (χ4v) is 3.41. The van der Waals surface area contributed by atoms with Gasteiger partial charge in [-0.2, -0.15) is 0 Å². The molecule has 0 fully saturated rings. The minimum Gasteiger partial charge on any atom is -0.457 e. The van der Waals surface area contributed by atoms with E-state index in [1.54, 1.807) is 24.3 Å². The van der Waals surface area contributed by atoms with Crippen LogP contribution in [0.25, 0.3) is 10.8 Å². The van der Waals surface area contributed by atoms with E-state index in [0.29, 0.717) is 33.4 Å². The van der Waals surface area contributed by atoms with E-state index < -0.39 is 11.8 Å². The highest BCUT2D eigenvalue weighted by atomic mass is 79.9. The normalized spacial score (nSPS) is 13.4. The molecular weight excluding hydrogens is 398 g/mol. The van der Waals surface area contributed by atoms with Crippen molar-refractivity contribution in [3.05, 3.63) is 70.2 Å². The first kappa shape index (κ1) is 16.8. The first-order chi connectivity index (χ1) is 12.6. The monoisotopic (exact) mass is 411 g/mol. The first-order valence-corrected chi connectivity index (χ1v) is 8.85. The Balaban J connectivity index is 1.85. The number of carbonyl (C=O) groups excluding carboxylic acids is 2. The van der Waals surface area contributed by atoms with Gasteiger partial charge in [0.15, 0.2) is 0 Å². The highest BCUT2D eigenvalue weighted by Crippen LogP contribution is 2.37. The van der Waals surface area contributed by atoms with E-state index in [1.165, 1.54) is 0 Å². The summed E-state index contributed by atoms with van der Waals surface area (Å²) in [6.07, 6.45) is 0. The maximum atomic E-state index is 12.7. The average molecular weight is 412 g/mol. The summed E-state index contributed by atoms with van der Waals surface area (Å²) in [6, 6.07) is 16.1. The van der Waals surface area contributed by atoms with Crippen LogP contribution in [0, 0.1) is 0 Å². The Morgan fingerprint density at radius 1 is 0.923 bits per heavy atom. The van der Waals surface area contributed by atoms with Gasteiger partial charge in [-0.3, -0.25) is 14.5 Å². The molecule has 3 aromatic carbocycles. The van der Waals surface area contributed by atoms with Crippen LogP contribution >= 0.6 is 15.9 Å². The van der Waals surface area contributed by atoms with Crippen molar-refractivity contribution in [1.82, 2.24) is 4.90 Å². The van der Waals surface area contributed by atoms with Crippen LogP contribution in [-0.4, -0.2) is 35.0 Å². The number of ether oxygens (including phenoxy) is 1. The molecule has 0 saturated heterocycles.